The molecule has 0 unspecified atom stereocenters. The Labute approximate surface area is 62.9 Å². The maximum absolute atomic E-state index is 10.4. The highest BCUT2D eigenvalue weighted by Gasteiger charge is 2.15. The first-order chi connectivity index (χ1) is 5.06. The molecule has 6 nitrogen and oxygen atoms in total. The van der Waals surface area contributed by atoms with Gasteiger partial charge in [-0.15, -0.1) is 0 Å². The van der Waals surface area contributed by atoms with Crippen molar-refractivity contribution < 1.29 is 19.6 Å². The van der Waals surface area contributed by atoms with Crippen LogP contribution in [-0.4, -0.2) is 35.8 Å². The molecule has 0 saturated heterocycles. The van der Waals surface area contributed by atoms with Gasteiger partial charge in [-0.3, -0.25) is 14.9 Å². The molecule has 1 atom stereocenters. The lowest BCUT2D eigenvalue weighted by Gasteiger charge is -2.02. The zero-order chi connectivity index (χ0) is 8.85. The molecule has 0 aliphatic carbocycles. The van der Waals surface area contributed by atoms with Crippen LogP contribution in [0, 0.1) is 10.1 Å². The molecule has 1 N–H and O–H groups in total. The minimum Gasteiger partial charge on any atom is -0.469 e. The van der Waals surface area contributed by atoms with E-state index < -0.39 is 23.5 Å². The maximum atomic E-state index is 10.4. The molecule has 11 heavy (non-hydrogen) atoms. The summed E-state index contributed by atoms with van der Waals surface area (Å²) in [6.45, 7) is -0.630. The quantitative estimate of drug-likeness (QED) is 0.332. The number of methoxy groups -OCH3 is 1. The summed E-state index contributed by atoms with van der Waals surface area (Å²) in [5, 5.41) is 18.6. The molecule has 0 aromatic heterocycles. The van der Waals surface area contributed by atoms with Crippen molar-refractivity contribution in [2.45, 2.75) is 12.5 Å². The number of carbonyl (C=O) groups is 1. The molecule has 0 heterocycles. The molecule has 0 aromatic rings. The van der Waals surface area contributed by atoms with Gasteiger partial charge in [0.1, 0.15) is 6.10 Å². The Morgan fingerprint density at radius 3 is 2.73 bits per heavy atom. The number of aliphatic hydroxyl groups excluding tert-OH is 1. The van der Waals surface area contributed by atoms with Crippen molar-refractivity contribution in [2.75, 3.05) is 13.7 Å². The van der Waals surface area contributed by atoms with E-state index in [-0.39, 0.29) is 6.42 Å². The van der Waals surface area contributed by atoms with Crippen molar-refractivity contribution in [1.29, 1.82) is 0 Å². The summed E-state index contributed by atoms with van der Waals surface area (Å²) in [7, 11) is 1.15. The van der Waals surface area contributed by atoms with E-state index in [2.05, 4.69) is 4.74 Å². The summed E-state index contributed by atoms with van der Waals surface area (Å²) in [5.74, 6) is -0.653. The number of rotatable bonds is 4. The van der Waals surface area contributed by atoms with Gasteiger partial charge in [0.25, 0.3) is 0 Å². The molecule has 0 fully saturated rings. The predicted molar refractivity (Wildman–Crippen MR) is 34.5 cm³/mol. The van der Waals surface area contributed by atoms with Crippen molar-refractivity contribution in [3.8, 4) is 0 Å². The average Bonchev–Trinajstić information content (AvgIpc) is 1.85. The van der Waals surface area contributed by atoms with Crippen molar-refractivity contribution >= 4 is 5.97 Å². The van der Waals surface area contributed by atoms with Gasteiger partial charge in [0, 0.05) is 4.92 Å². The van der Waals surface area contributed by atoms with Gasteiger partial charge in [0.15, 0.2) is 0 Å². The highest BCUT2D eigenvalue weighted by Crippen LogP contribution is 1.93. The van der Waals surface area contributed by atoms with E-state index in [0.29, 0.717) is 0 Å². The number of ether oxygens (including phenoxy) is 1. The minimum absolute atomic E-state index is 0.336. The Morgan fingerprint density at radius 2 is 2.36 bits per heavy atom. The fourth-order valence-electron chi connectivity index (χ4n) is 0.512. The normalized spacial score (nSPS) is 12.2. The lowest BCUT2D eigenvalue weighted by Crippen LogP contribution is -2.23. The number of esters is 1. The van der Waals surface area contributed by atoms with Gasteiger partial charge in [-0.05, 0) is 0 Å². The van der Waals surface area contributed by atoms with Gasteiger partial charge in [-0.25, -0.2) is 0 Å². The fraction of sp³-hybridized carbons (Fsp3) is 0.800. The van der Waals surface area contributed by atoms with Gasteiger partial charge >= 0.3 is 5.97 Å². The molecule has 64 valence electrons. The largest absolute Gasteiger partial charge is 0.469 e. The van der Waals surface area contributed by atoms with Crippen LogP contribution in [0.15, 0.2) is 0 Å². The number of aliphatic hydroxyl groups is 1. The van der Waals surface area contributed by atoms with Crippen LogP contribution < -0.4 is 0 Å². The van der Waals surface area contributed by atoms with E-state index in [0.717, 1.165) is 7.11 Å². The van der Waals surface area contributed by atoms with Crippen molar-refractivity contribution in [1.82, 2.24) is 0 Å². The zero-order valence-electron chi connectivity index (χ0n) is 6.02. The molecule has 0 spiro atoms. The lowest BCUT2D eigenvalue weighted by atomic mass is 10.2. The summed E-state index contributed by atoms with van der Waals surface area (Å²) >= 11 is 0. The summed E-state index contributed by atoms with van der Waals surface area (Å²) in [6.07, 6.45) is -1.59. The highest BCUT2D eigenvalue weighted by molar-refractivity contribution is 5.69. The Bertz CT molecular complexity index is 157. The molecule has 0 aromatic carbocycles. The zero-order valence-corrected chi connectivity index (χ0v) is 6.02. The van der Waals surface area contributed by atoms with Crippen LogP contribution in [0.4, 0.5) is 0 Å². The molecule has 6 heteroatoms. The minimum atomic E-state index is -1.25. The molecule has 0 saturated carbocycles. The second-order valence-corrected chi connectivity index (χ2v) is 1.95. The predicted octanol–water partition coefficient (Wildman–Crippen LogP) is -0.813. The monoisotopic (exact) mass is 163 g/mol. The topological polar surface area (TPSA) is 89.7 Å². The Hall–Kier alpha value is -1.17. The van der Waals surface area contributed by atoms with Crippen LogP contribution in [-0.2, 0) is 9.53 Å². The summed E-state index contributed by atoms with van der Waals surface area (Å²) < 4.78 is 4.18. The van der Waals surface area contributed by atoms with Gasteiger partial charge in [-0.2, -0.15) is 0 Å². The number of carbonyl (C=O) groups excluding carboxylic acids is 1. The third-order valence-electron chi connectivity index (χ3n) is 0.990. The smallest absolute Gasteiger partial charge is 0.308 e. The lowest BCUT2D eigenvalue weighted by molar-refractivity contribution is -0.490. The second-order valence-electron chi connectivity index (χ2n) is 1.95. The second kappa shape index (κ2) is 4.62. The van der Waals surface area contributed by atoms with Crippen molar-refractivity contribution in [3.05, 3.63) is 10.1 Å². The highest BCUT2D eigenvalue weighted by atomic mass is 16.6. The van der Waals surface area contributed by atoms with E-state index in [9.17, 15) is 14.9 Å². The molecule has 0 aliphatic heterocycles. The van der Waals surface area contributed by atoms with Gasteiger partial charge < -0.3 is 9.84 Å². The third kappa shape index (κ3) is 5.28. The Morgan fingerprint density at radius 1 is 1.82 bits per heavy atom. The molecule has 0 aliphatic rings. The number of hydrogen-bond donors (Lipinski definition) is 1. The molecular formula is C5H9NO5. The molecule has 0 bridgehead atoms. The maximum Gasteiger partial charge on any atom is 0.308 e. The van der Waals surface area contributed by atoms with E-state index in [1.165, 1.54) is 0 Å². The number of nitro groups is 1. The van der Waals surface area contributed by atoms with Gasteiger partial charge in [0.05, 0.1) is 13.5 Å². The first-order valence-corrected chi connectivity index (χ1v) is 2.93. The van der Waals surface area contributed by atoms with E-state index in [4.69, 9.17) is 5.11 Å². The van der Waals surface area contributed by atoms with Crippen LogP contribution in [0.3, 0.4) is 0 Å². The van der Waals surface area contributed by atoms with Gasteiger partial charge in [-0.1, -0.05) is 0 Å². The van der Waals surface area contributed by atoms with Crippen molar-refractivity contribution in [3.63, 3.8) is 0 Å². The standard InChI is InChI=1S/C5H9NO5/c1-11-5(8)2-4(7)3-6(9)10/h4,7H,2-3H2,1H3/t4-/m1/s1. The summed E-state index contributed by atoms with van der Waals surface area (Å²) in [5.41, 5.74) is 0. The van der Waals surface area contributed by atoms with Crippen molar-refractivity contribution in [2.24, 2.45) is 0 Å². The Balaban J connectivity index is 3.60. The molecule has 0 rings (SSSR count). The number of hydrogen-bond acceptors (Lipinski definition) is 5. The van der Waals surface area contributed by atoms with Crippen LogP contribution in [0.2, 0.25) is 0 Å². The summed E-state index contributed by atoms with van der Waals surface area (Å²) in [4.78, 5) is 19.5. The fourth-order valence-corrected chi connectivity index (χ4v) is 0.512. The van der Waals surface area contributed by atoms with Crippen LogP contribution in [0.25, 0.3) is 0 Å². The third-order valence-corrected chi connectivity index (χ3v) is 0.990. The Kier molecular flexibility index (Phi) is 4.12. The molecular weight excluding hydrogens is 154 g/mol. The van der Waals surface area contributed by atoms with E-state index >= 15 is 0 Å². The van der Waals surface area contributed by atoms with Crippen LogP contribution >= 0.6 is 0 Å². The number of nitrogens with zero attached hydrogens (tertiary/aromatic N) is 1. The van der Waals surface area contributed by atoms with E-state index in [1.54, 1.807) is 0 Å². The molecule has 0 amide bonds. The average molecular weight is 163 g/mol. The van der Waals surface area contributed by atoms with Crippen LogP contribution in [0.5, 0.6) is 0 Å². The SMILES string of the molecule is COC(=O)C[C@@H](O)C[N+](=O)[O-]. The van der Waals surface area contributed by atoms with Gasteiger partial charge in [0.2, 0.25) is 6.54 Å². The van der Waals surface area contributed by atoms with Crippen LogP contribution in [0.1, 0.15) is 6.42 Å². The first kappa shape index (κ1) is 9.83. The summed E-state index contributed by atoms with van der Waals surface area (Å²) in [6, 6.07) is 0. The first-order valence-electron chi connectivity index (χ1n) is 2.93. The molecule has 0 radical (unpaired) electrons. The van der Waals surface area contributed by atoms with E-state index in [1.807, 2.05) is 0 Å².